The van der Waals surface area contributed by atoms with Gasteiger partial charge in [-0.05, 0) is 55.3 Å². The number of amides is 2. The van der Waals surface area contributed by atoms with E-state index < -0.39 is 0 Å². The molecule has 4 heteroatoms. The topological polar surface area (TPSA) is 67.2 Å². The van der Waals surface area contributed by atoms with Gasteiger partial charge in [-0.25, -0.2) is 4.79 Å². The van der Waals surface area contributed by atoms with Gasteiger partial charge in [-0.1, -0.05) is 24.3 Å². The Morgan fingerprint density at radius 2 is 1.75 bits per heavy atom. The average Bonchev–Trinajstić information content (AvgIpc) is 2.41. The molecule has 0 saturated carbocycles. The van der Waals surface area contributed by atoms with Crippen LogP contribution in [-0.4, -0.2) is 12.6 Å². The fraction of sp³-hybridized carbons (Fsp3) is 0.188. The van der Waals surface area contributed by atoms with Crippen LogP contribution in [-0.2, 0) is 6.42 Å². The van der Waals surface area contributed by atoms with Crippen molar-refractivity contribution in [3.63, 3.8) is 0 Å². The molecule has 0 bridgehead atoms. The molecule has 0 unspecified atom stereocenters. The van der Waals surface area contributed by atoms with Gasteiger partial charge in [0.25, 0.3) is 0 Å². The summed E-state index contributed by atoms with van der Waals surface area (Å²) >= 11 is 0. The van der Waals surface area contributed by atoms with Gasteiger partial charge in [0.1, 0.15) is 0 Å². The Morgan fingerprint density at radius 1 is 1.05 bits per heavy atom. The molecule has 0 atom stereocenters. The molecule has 0 radical (unpaired) electrons. The number of carbonyl (C=O) groups excluding carboxylic acids is 1. The zero-order chi connectivity index (χ0) is 14.4. The van der Waals surface area contributed by atoms with E-state index in [0.29, 0.717) is 6.54 Å². The lowest BCUT2D eigenvalue weighted by Gasteiger charge is -2.08. The SMILES string of the molecule is Cc1cccc(NC(=O)Nc2ccc(CCN)cc2)c1. The van der Waals surface area contributed by atoms with Crippen LogP contribution < -0.4 is 16.4 Å². The summed E-state index contributed by atoms with van der Waals surface area (Å²) in [6.45, 7) is 2.61. The minimum Gasteiger partial charge on any atom is -0.330 e. The van der Waals surface area contributed by atoms with Crippen LogP contribution in [0.1, 0.15) is 11.1 Å². The number of benzene rings is 2. The van der Waals surface area contributed by atoms with Crippen LogP contribution in [0.4, 0.5) is 16.2 Å². The Hall–Kier alpha value is -2.33. The molecule has 2 aromatic carbocycles. The number of urea groups is 1. The summed E-state index contributed by atoms with van der Waals surface area (Å²) in [5, 5.41) is 5.60. The number of hydrogen-bond acceptors (Lipinski definition) is 2. The molecule has 2 aromatic rings. The molecule has 4 nitrogen and oxygen atoms in total. The Balaban J connectivity index is 1.94. The van der Waals surface area contributed by atoms with Crippen molar-refractivity contribution in [2.24, 2.45) is 5.73 Å². The van der Waals surface area contributed by atoms with E-state index in [9.17, 15) is 4.79 Å². The number of carbonyl (C=O) groups is 1. The van der Waals surface area contributed by atoms with Crippen LogP contribution in [0.3, 0.4) is 0 Å². The van der Waals surface area contributed by atoms with E-state index in [1.54, 1.807) is 0 Å². The molecule has 104 valence electrons. The van der Waals surface area contributed by atoms with E-state index in [4.69, 9.17) is 5.73 Å². The molecule has 0 fully saturated rings. The summed E-state index contributed by atoms with van der Waals surface area (Å²) in [5.41, 5.74) is 9.31. The molecule has 2 rings (SSSR count). The van der Waals surface area contributed by atoms with Gasteiger partial charge in [0, 0.05) is 11.4 Å². The second-order valence-corrected chi connectivity index (χ2v) is 4.68. The van der Waals surface area contributed by atoms with E-state index in [1.165, 1.54) is 0 Å². The third-order valence-electron chi connectivity index (χ3n) is 2.92. The van der Waals surface area contributed by atoms with Gasteiger partial charge in [0.2, 0.25) is 0 Å². The Bertz CT molecular complexity index is 579. The normalized spacial score (nSPS) is 10.1. The number of hydrogen-bond donors (Lipinski definition) is 3. The predicted octanol–water partition coefficient (Wildman–Crippen LogP) is 3.14. The highest BCUT2D eigenvalue weighted by molar-refractivity contribution is 5.99. The predicted molar refractivity (Wildman–Crippen MR) is 83.0 cm³/mol. The standard InChI is InChI=1S/C16H19N3O/c1-12-3-2-4-15(11-12)19-16(20)18-14-7-5-13(6-8-14)9-10-17/h2-8,11H,9-10,17H2,1H3,(H2,18,19,20). The van der Waals surface area contributed by atoms with Crippen molar-refractivity contribution in [3.05, 3.63) is 59.7 Å². The largest absolute Gasteiger partial charge is 0.330 e. The summed E-state index contributed by atoms with van der Waals surface area (Å²) in [4.78, 5) is 11.9. The van der Waals surface area contributed by atoms with Gasteiger partial charge in [-0.3, -0.25) is 0 Å². The minimum absolute atomic E-state index is 0.248. The highest BCUT2D eigenvalue weighted by Crippen LogP contribution is 2.12. The van der Waals surface area contributed by atoms with Crippen molar-refractivity contribution in [2.45, 2.75) is 13.3 Å². The maximum Gasteiger partial charge on any atom is 0.323 e. The molecule has 0 aliphatic rings. The van der Waals surface area contributed by atoms with Crippen LogP contribution >= 0.6 is 0 Å². The van der Waals surface area contributed by atoms with Gasteiger partial charge < -0.3 is 16.4 Å². The molecule has 4 N–H and O–H groups in total. The molecular weight excluding hydrogens is 250 g/mol. The van der Waals surface area contributed by atoms with Gasteiger partial charge in [0.05, 0.1) is 0 Å². The lowest BCUT2D eigenvalue weighted by atomic mass is 10.1. The summed E-state index contributed by atoms with van der Waals surface area (Å²) < 4.78 is 0. The first kappa shape index (κ1) is 14.1. The van der Waals surface area contributed by atoms with Gasteiger partial charge >= 0.3 is 6.03 Å². The number of nitrogens with two attached hydrogens (primary N) is 1. The summed E-state index contributed by atoms with van der Waals surface area (Å²) in [7, 11) is 0. The third kappa shape index (κ3) is 4.10. The average molecular weight is 269 g/mol. The highest BCUT2D eigenvalue weighted by atomic mass is 16.2. The number of aryl methyl sites for hydroxylation is 1. The molecule has 0 saturated heterocycles. The summed E-state index contributed by atoms with van der Waals surface area (Å²) in [6.07, 6.45) is 0.843. The van der Waals surface area contributed by atoms with Crippen LogP contribution in [0.25, 0.3) is 0 Å². The van der Waals surface area contributed by atoms with Crippen molar-refractivity contribution in [3.8, 4) is 0 Å². The van der Waals surface area contributed by atoms with Crippen LogP contribution in [0, 0.1) is 6.92 Å². The van der Waals surface area contributed by atoms with Crippen molar-refractivity contribution in [2.75, 3.05) is 17.2 Å². The quantitative estimate of drug-likeness (QED) is 0.798. The molecular formula is C16H19N3O. The van der Waals surface area contributed by atoms with E-state index in [1.807, 2.05) is 55.5 Å². The third-order valence-corrected chi connectivity index (χ3v) is 2.92. The van der Waals surface area contributed by atoms with Crippen LogP contribution in [0.5, 0.6) is 0 Å². The van der Waals surface area contributed by atoms with Gasteiger partial charge in [-0.15, -0.1) is 0 Å². The highest BCUT2D eigenvalue weighted by Gasteiger charge is 2.02. The molecule has 0 aliphatic heterocycles. The first-order valence-corrected chi connectivity index (χ1v) is 6.61. The van der Waals surface area contributed by atoms with E-state index in [2.05, 4.69) is 10.6 Å². The fourth-order valence-electron chi connectivity index (χ4n) is 1.94. The van der Waals surface area contributed by atoms with Crippen molar-refractivity contribution < 1.29 is 4.79 Å². The second-order valence-electron chi connectivity index (χ2n) is 4.68. The van der Waals surface area contributed by atoms with Crippen LogP contribution in [0.2, 0.25) is 0 Å². The van der Waals surface area contributed by atoms with Crippen molar-refractivity contribution in [1.29, 1.82) is 0 Å². The molecule has 0 aliphatic carbocycles. The molecule has 0 aromatic heterocycles. The lowest BCUT2D eigenvalue weighted by Crippen LogP contribution is -2.19. The summed E-state index contributed by atoms with van der Waals surface area (Å²) in [6, 6.07) is 15.1. The number of anilines is 2. The zero-order valence-electron chi connectivity index (χ0n) is 11.5. The number of nitrogens with one attached hydrogen (secondary N) is 2. The first-order valence-electron chi connectivity index (χ1n) is 6.61. The van der Waals surface area contributed by atoms with E-state index in [-0.39, 0.29) is 6.03 Å². The molecule has 20 heavy (non-hydrogen) atoms. The molecule has 0 heterocycles. The van der Waals surface area contributed by atoms with Crippen molar-refractivity contribution in [1.82, 2.24) is 0 Å². The monoisotopic (exact) mass is 269 g/mol. The van der Waals surface area contributed by atoms with E-state index >= 15 is 0 Å². The first-order chi connectivity index (χ1) is 9.67. The van der Waals surface area contributed by atoms with Gasteiger partial charge in [-0.2, -0.15) is 0 Å². The summed E-state index contributed by atoms with van der Waals surface area (Å²) in [5.74, 6) is 0. The zero-order valence-corrected chi connectivity index (χ0v) is 11.5. The maximum atomic E-state index is 11.9. The molecule has 2 amide bonds. The Labute approximate surface area is 119 Å². The maximum absolute atomic E-state index is 11.9. The fourth-order valence-corrected chi connectivity index (χ4v) is 1.94. The molecule has 0 spiro atoms. The second kappa shape index (κ2) is 6.73. The minimum atomic E-state index is -0.248. The smallest absolute Gasteiger partial charge is 0.323 e. The lowest BCUT2D eigenvalue weighted by molar-refractivity contribution is 0.262. The van der Waals surface area contributed by atoms with Crippen molar-refractivity contribution >= 4 is 17.4 Å². The Kier molecular flexibility index (Phi) is 4.74. The van der Waals surface area contributed by atoms with E-state index in [0.717, 1.165) is 28.9 Å². The van der Waals surface area contributed by atoms with Crippen LogP contribution in [0.15, 0.2) is 48.5 Å². The van der Waals surface area contributed by atoms with Gasteiger partial charge in [0.15, 0.2) is 0 Å². The Morgan fingerprint density at radius 3 is 2.40 bits per heavy atom. The number of rotatable bonds is 4.